The van der Waals surface area contributed by atoms with Crippen molar-refractivity contribution < 1.29 is 9.47 Å². The van der Waals surface area contributed by atoms with Crippen LogP contribution in [0, 0.1) is 0 Å². The molecule has 0 amide bonds. The van der Waals surface area contributed by atoms with Crippen molar-refractivity contribution in [2.45, 2.75) is 6.54 Å². The van der Waals surface area contributed by atoms with Gasteiger partial charge < -0.3 is 15.2 Å². The average molecular weight is 401 g/mol. The molecule has 0 aliphatic heterocycles. The number of nitrogens with two attached hydrogens (primary N) is 1. The van der Waals surface area contributed by atoms with Gasteiger partial charge in [0.2, 0.25) is 0 Å². The van der Waals surface area contributed by atoms with Gasteiger partial charge in [0.05, 0.1) is 4.47 Å². The summed E-state index contributed by atoms with van der Waals surface area (Å²) in [4.78, 5) is 0. The van der Waals surface area contributed by atoms with Crippen LogP contribution >= 0.6 is 31.9 Å². The molecule has 0 bridgehead atoms. The Kier molecular flexibility index (Phi) is 5.88. The first kappa shape index (κ1) is 15.4. The third-order valence-electron chi connectivity index (χ3n) is 2.66. The lowest BCUT2D eigenvalue weighted by atomic mass is 10.2. The van der Waals surface area contributed by atoms with E-state index in [9.17, 15) is 0 Å². The van der Waals surface area contributed by atoms with Crippen LogP contribution in [0.4, 0.5) is 0 Å². The third kappa shape index (κ3) is 4.23. The predicted molar refractivity (Wildman–Crippen MR) is 87.2 cm³/mol. The smallest absolute Gasteiger partial charge is 0.138 e. The highest BCUT2D eigenvalue weighted by molar-refractivity contribution is 9.10. The fourth-order valence-electron chi connectivity index (χ4n) is 1.74. The summed E-state index contributed by atoms with van der Waals surface area (Å²) in [5, 5.41) is 0. The van der Waals surface area contributed by atoms with Crippen LogP contribution in [0.5, 0.6) is 11.5 Å². The normalized spacial score (nSPS) is 10.3. The molecule has 0 unspecified atom stereocenters. The molecule has 106 valence electrons. The second-order valence-electron chi connectivity index (χ2n) is 4.09. The Balaban J connectivity index is 1.87. The van der Waals surface area contributed by atoms with E-state index in [4.69, 9.17) is 15.2 Å². The van der Waals surface area contributed by atoms with E-state index >= 15 is 0 Å². The standard InChI is InChI=1S/C15H15Br2NO2/c16-12-4-2-5-13(9-12)19-7-8-20-15-11(10-18)3-1-6-14(15)17/h1-6,9H,7-8,10,18H2. The van der Waals surface area contributed by atoms with Gasteiger partial charge in [-0.25, -0.2) is 0 Å². The number of benzene rings is 2. The Morgan fingerprint density at radius 3 is 2.45 bits per heavy atom. The third-order valence-corrected chi connectivity index (χ3v) is 3.78. The summed E-state index contributed by atoms with van der Waals surface area (Å²) in [5.74, 6) is 1.60. The van der Waals surface area contributed by atoms with Crippen molar-refractivity contribution in [1.29, 1.82) is 0 Å². The van der Waals surface area contributed by atoms with Crippen LogP contribution in [0.15, 0.2) is 51.4 Å². The van der Waals surface area contributed by atoms with E-state index in [-0.39, 0.29) is 0 Å². The van der Waals surface area contributed by atoms with E-state index in [0.717, 1.165) is 26.0 Å². The summed E-state index contributed by atoms with van der Waals surface area (Å²) in [6.07, 6.45) is 0. The SMILES string of the molecule is NCc1cccc(Br)c1OCCOc1cccc(Br)c1. The molecule has 20 heavy (non-hydrogen) atoms. The number of halogens is 2. The van der Waals surface area contributed by atoms with Gasteiger partial charge in [-0.15, -0.1) is 0 Å². The van der Waals surface area contributed by atoms with Gasteiger partial charge in [0.1, 0.15) is 24.7 Å². The molecule has 0 aliphatic carbocycles. The zero-order valence-electron chi connectivity index (χ0n) is 10.8. The minimum atomic E-state index is 0.446. The molecule has 0 fully saturated rings. The Hall–Kier alpha value is -1.04. The van der Waals surface area contributed by atoms with Gasteiger partial charge in [-0.05, 0) is 40.2 Å². The highest BCUT2D eigenvalue weighted by atomic mass is 79.9. The first-order valence-corrected chi connectivity index (χ1v) is 7.78. The van der Waals surface area contributed by atoms with Crippen molar-refractivity contribution in [2.75, 3.05) is 13.2 Å². The summed E-state index contributed by atoms with van der Waals surface area (Å²) in [6.45, 7) is 1.38. The minimum absolute atomic E-state index is 0.446. The molecule has 0 spiro atoms. The molecule has 5 heteroatoms. The fraction of sp³-hybridized carbons (Fsp3) is 0.200. The van der Waals surface area contributed by atoms with E-state index in [1.54, 1.807) is 0 Å². The highest BCUT2D eigenvalue weighted by Crippen LogP contribution is 2.28. The number of ether oxygens (including phenoxy) is 2. The van der Waals surface area contributed by atoms with Crippen molar-refractivity contribution in [3.63, 3.8) is 0 Å². The molecule has 0 atom stereocenters. The molecule has 2 N–H and O–H groups in total. The van der Waals surface area contributed by atoms with E-state index in [2.05, 4.69) is 31.9 Å². The van der Waals surface area contributed by atoms with Gasteiger partial charge in [0, 0.05) is 16.6 Å². The number of para-hydroxylation sites is 1. The molecule has 0 heterocycles. The van der Waals surface area contributed by atoms with E-state index in [1.807, 2.05) is 42.5 Å². The largest absolute Gasteiger partial charge is 0.490 e. The maximum Gasteiger partial charge on any atom is 0.138 e. The van der Waals surface area contributed by atoms with Gasteiger partial charge in [0.25, 0.3) is 0 Å². The molecule has 0 radical (unpaired) electrons. The van der Waals surface area contributed by atoms with Gasteiger partial charge in [0.15, 0.2) is 0 Å². The predicted octanol–water partition coefficient (Wildman–Crippen LogP) is 4.13. The molecule has 2 aromatic rings. The van der Waals surface area contributed by atoms with Gasteiger partial charge in [-0.3, -0.25) is 0 Å². The molecule has 2 aromatic carbocycles. The summed E-state index contributed by atoms with van der Waals surface area (Å²) < 4.78 is 13.3. The molecule has 0 aromatic heterocycles. The summed E-state index contributed by atoms with van der Waals surface area (Å²) in [5.41, 5.74) is 6.67. The molecule has 2 rings (SSSR count). The zero-order valence-corrected chi connectivity index (χ0v) is 14.0. The van der Waals surface area contributed by atoms with Crippen LogP contribution < -0.4 is 15.2 Å². The molecule has 0 saturated heterocycles. The lowest BCUT2D eigenvalue weighted by molar-refractivity contribution is 0.215. The highest BCUT2D eigenvalue weighted by Gasteiger charge is 2.06. The Labute approximate surface area is 135 Å². The summed E-state index contributed by atoms with van der Waals surface area (Å²) >= 11 is 6.87. The van der Waals surface area contributed by atoms with Crippen molar-refractivity contribution in [1.82, 2.24) is 0 Å². The van der Waals surface area contributed by atoms with Crippen LogP contribution in [0.2, 0.25) is 0 Å². The van der Waals surface area contributed by atoms with Crippen LogP contribution in [0.1, 0.15) is 5.56 Å². The van der Waals surface area contributed by atoms with Crippen molar-refractivity contribution in [3.8, 4) is 11.5 Å². The van der Waals surface area contributed by atoms with E-state index in [0.29, 0.717) is 19.8 Å². The van der Waals surface area contributed by atoms with Gasteiger partial charge >= 0.3 is 0 Å². The lowest BCUT2D eigenvalue weighted by Crippen LogP contribution is -2.11. The van der Waals surface area contributed by atoms with Crippen LogP contribution in [0.3, 0.4) is 0 Å². The fourth-order valence-corrected chi connectivity index (χ4v) is 2.64. The van der Waals surface area contributed by atoms with Crippen molar-refractivity contribution in [2.24, 2.45) is 5.73 Å². The van der Waals surface area contributed by atoms with Crippen molar-refractivity contribution in [3.05, 3.63) is 57.0 Å². The molecule has 0 saturated carbocycles. The maximum absolute atomic E-state index is 5.75. The Morgan fingerprint density at radius 2 is 1.70 bits per heavy atom. The lowest BCUT2D eigenvalue weighted by Gasteiger charge is -2.13. The molecular formula is C15H15Br2NO2. The quantitative estimate of drug-likeness (QED) is 0.741. The average Bonchev–Trinajstić information content (AvgIpc) is 2.45. The zero-order chi connectivity index (χ0) is 14.4. The minimum Gasteiger partial charge on any atom is -0.490 e. The number of hydrogen-bond donors (Lipinski definition) is 1. The topological polar surface area (TPSA) is 44.5 Å². The molecule has 3 nitrogen and oxygen atoms in total. The summed E-state index contributed by atoms with van der Waals surface area (Å²) in [6, 6.07) is 13.5. The van der Waals surface area contributed by atoms with Crippen LogP contribution in [-0.2, 0) is 6.54 Å². The monoisotopic (exact) mass is 399 g/mol. The van der Waals surface area contributed by atoms with E-state index in [1.165, 1.54) is 0 Å². The van der Waals surface area contributed by atoms with Crippen LogP contribution in [0.25, 0.3) is 0 Å². The van der Waals surface area contributed by atoms with E-state index < -0.39 is 0 Å². The first-order valence-electron chi connectivity index (χ1n) is 6.19. The maximum atomic E-state index is 5.75. The van der Waals surface area contributed by atoms with Gasteiger partial charge in [-0.2, -0.15) is 0 Å². The van der Waals surface area contributed by atoms with Crippen molar-refractivity contribution >= 4 is 31.9 Å². The molecule has 0 aliphatic rings. The second kappa shape index (κ2) is 7.67. The second-order valence-corrected chi connectivity index (χ2v) is 5.86. The number of rotatable bonds is 6. The van der Waals surface area contributed by atoms with Crippen LogP contribution in [-0.4, -0.2) is 13.2 Å². The summed E-state index contributed by atoms with van der Waals surface area (Å²) in [7, 11) is 0. The Morgan fingerprint density at radius 1 is 0.950 bits per heavy atom. The number of hydrogen-bond acceptors (Lipinski definition) is 3. The molecular weight excluding hydrogens is 386 g/mol. The first-order chi connectivity index (χ1) is 9.70. The van der Waals surface area contributed by atoms with Gasteiger partial charge in [-0.1, -0.05) is 34.1 Å². The Bertz CT molecular complexity index is 576.